The normalized spacial score (nSPS) is 21.1. The molecule has 2 aliphatic heterocycles. The van der Waals surface area contributed by atoms with Crippen molar-refractivity contribution in [3.05, 3.63) is 0 Å². The Hall–Kier alpha value is -3.42. The van der Waals surface area contributed by atoms with Gasteiger partial charge in [-0.15, -0.1) is 0 Å². The van der Waals surface area contributed by atoms with Gasteiger partial charge in [-0.2, -0.15) is 0 Å². The molecule has 14 heteroatoms. The van der Waals surface area contributed by atoms with Crippen LogP contribution < -0.4 is 33.2 Å². The third kappa shape index (κ3) is 8.70. The Bertz CT molecular complexity index is 825. The van der Waals surface area contributed by atoms with E-state index in [4.69, 9.17) is 17.2 Å². The molecule has 2 rings (SSSR count). The standard InChI is InChI=1S/C21H36N8O6/c22-16(30)8-7-13(27-17(31)12-4-1-9-25-12)19(33)29-11-3-6-15(29)18(32)28-14(20(34)35)5-2-10-26-21(23)24/h12-15,25H,1-11H2,(H2,22,30)(H,27,31)(H,28,32)(H,34,35)(H4,23,24,26). The fourth-order valence-corrected chi connectivity index (χ4v) is 4.26. The average Bonchev–Trinajstić information content (AvgIpc) is 3.49. The summed E-state index contributed by atoms with van der Waals surface area (Å²) >= 11 is 0. The van der Waals surface area contributed by atoms with Crippen LogP contribution in [0.3, 0.4) is 0 Å². The van der Waals surface area contributed by atoms with E-state index in [-0.39, 0.29) is 44.2 Å². The summed E-state index contributed by atoms with van der Waals surface area (Å²) in [5, 5.41) is 17.7. The predicted molar refractivity (Wildman–Crippen MR) is 126 cm³/mol. The number of rotatable bonds is 13. The summed E-state index contributed by atoms with van der Waals surface area (Å²) < 4.78 is 0. The van der Waals surface area contributed by atoms with E-state index in [2.05, 4.69) is 20.9 Å². The maximum absolute atomic E-state index is 13.3. The van der Waals surface area contributed by atoms with Gasteiger partial charge in [0.05, 0.1) is 6.04 Å². The molecule has 10 N–H and O–H groups in total. The molecule has 0 aromatic rings. The van der Waals surface area contributed by atoms with Crippen molar-refractivity contribution in [3.63, 3.8) is 0 Å². The van der Waals surface area contributed by atoms with Crippen LogP contribution in [0.15, 0.2) is 4.99 Å². The van der Waals surface area contributed by atoms with Gasteiger partial charge < -0.3 is 43.2 Å². The van der Waals surface area contributed by atoms with Crippen LogP contribution in [-0.4, -0.2) is 89.4 Å². The first-order valence-electron chi connectivity index (χ1n) is 11.8. The van der Waals surface area contributed by atoms with Gasteiger partial charge in [0.25, 0.3) is 0 Å². The van der Waals surface area contributed by atoms with Gasteiger partial charge in [-0.1, -0.05) is 0 Å². The third-order valence-electron chi connectivity index (χ3n) is 6.07. The molecule has 0 aromatic heterocycles. The van der Waals surface area contributed by atoms with E-state index in [1.807, 2.05) is 0 Å². The number of primary amides is 1. The molecule has 0 spiro atoms. The summed E-state index contributed by atoms with van der Waals surface area (Å²) in [6, 6.07) is -3.51. The van der Waals surface area contributed by atoms with Gasteiger partial charge in [-0.3, -0.25) is 24.2 Å². The van der Waals surface area contributed by atoms with Crippen LogP contribution in [-0.2, 0) is 24.0 Å². The van der Waals surface area contributed by atoms with Gasteiger partial charge in [0.2, 0.25) is 23.6 Å². The highest BCUT2D eigenvalue weighted by Crippen LogP contribution is 2.20. The molecule has 35 heavy (non-hydrogen) atoms. The third-order valence-corrected chi connectivity index (χ3v) is 6.07. The van der Waals surface area contributed by atoms with Crippen molar-refractivity contribution in [3.8, 4) is 0 Å². The van der Waals surface area contributed by atoms with Crippen molar-refractivity contribution < 1.29 is 29.1 Å². The zero-order valence-electron chi connectivity index (χ0n) is 19.7. The molecule has 4 amide bonds. The Kier molecular flexibility index (Phi) is 10.7. The van der Waals surface area contributed by atoms with Crippen molar-refractivity contribution in [2.45, 2.75) is 75.5 Å². The summed E-state index contributed by atoms with van der Waals surface area (Å²) in [7, 11) is 0. The minimum absolute atomic E-state index is 0.00000821. The number of carbonyl (C=O) groups is 5. The van der Waals surface area contributed by atoms with Crippen LogP contribution in [0.5, 0.6) is 0 Å². The van der Waals surface area contributed by atoms with Crippen LogP contribution in [0.25, 0.3) is 0 Å². The Labute approximate surface area is 203 Å². The lowest BCUT2D eigenvalue weighted by Gasteiger charge is -2.30. The molecule has 0 saturated carbocycles. The number of aliphatic carboxylic acids is 1. The summed E-state index contributed by atoms with van der Waals surface area (Å²) in [4.78, 5) is 66.9. The summed E-state index contributed by atoms with van der Waals surface area (Å²) in [5.74, 6) is -3.39. The number of nitrogens with zero attached hydrogens (tertiary/aromatic N) is 2. The molecular formula is C21H36N8O6. The van der Waals surface area contributed by atoms with E-state index in [0.717, 1.165) is 6.42 Å². The first kappa shape index (κ1) is 27.8. The van der Waals surface area contributed by atoms with Crippen molar-refractivity contribution in [2.24, 2.45) is 22.2 Å². The number of likely N-dealkylation sites (tertiary alicyclic amines) is 1. The van der Waals surface area contributed by atoms with E-state index >= 15 is 0 Å². The van der Waals surface area contributed by atoms with E-state index in [9.17, 15) is 29.1 Å². The fraction of sp³-hybridized carbons (Fsp3) is 0.714. The quantitative estimate of drug-likeness (QED) is 0.0785. The van der Waals surface area contributed by atoms with Gasteiger partial charge in [0, 0.05) is 19.5 Å². The van der Waals surface area contributed by atoms with Crippen LogP contribution in [0, 0.1) is 0 Å². The largest absolute Gasteiger partial charge is 0.480 e. The molecule has 196 valence electrons. The molecule has 2 saturated heterocycles. The molecule has 4 unspecified atom stereocenters. The van der Waals surface area contributed by atoms with Crippen molar-refractivity contribution in [1.29, 1.82) is 0 Å². The van der Waals surface area contributed by atoms with Crippen LogP contribution in [0.1, 0.15) is 51.4 Å². The molecule has 2 fully saturated rings. The van der Waals surface area contributed by atoms with Crippen molar-refractivity contribution in [2.75, 3.05) is 19.6 Å². The molecular weight excluding hydrogens is 460 g/mol. The number of guanidine groups is 1. The smallest absolute Gasteiger partial charge is 0.326 e. The second kappa shape index (κ2) is 13.5. The molecule has 14 nitrogen and oxygen atoms in total. The summed E-state index contributed by atoms with van der Waals surface area (Å²) in [5.41, 5.74) is 15.7. The number of carboxylic acids is 1. The number of carbonyl (C=O) groups excluding carboxylic acids is 4. The van der Waals surface area contributed by atoms with E-state index in [1.54, 1.807) is 0 Å². The number of hydrogen-bond acceptors (Lipinski definition) is 7. The van der Waals surface area contributed by atoms with Gasteiger partial charge in [0.15, 0.2) is 5.96 Å². The number of nitrogens with one attached hydrogen (secondary N) is 3. The number of nitrogens with two attached hydrogens (primary N) is 3. The maximum atomic E-state index is 13.3. The first-order valence-corrected chi connectivity index (χ1v) is 11.8. The monoisotopic (exact) mass is 496 g/mol. The Balaban J connectivity index is 2.05. The second-order valence-corrected chi connectivity index (χ2v) is 8.75. The Morgan fingerprint density at radius 3 is 2.31 bits per heavy atom. The van der Waals surface area contributed by atoms with Crippen LogP contribution in [0.2, 0.25) is 0 Å². The van der Waals surface area contributed by atoms with Crippen molar-refractivity contribution >= 4 is 35.6 Å². The molecule has 0 aliphatic carbocycles. The second-order valence-electron chi connectivity index (χ2n) is 8.75. The van der Waals surface area contributed by atoms with E-state index in [1.165, 1.54) is 4.90 Å². The molecule has 2 heterocycles. The topological polar surface area (TPSA) is 235 Å². The molecule has 2 aliphatic rings. The Morgan fingerprint density at radius 2 is 1.71 bits per heavy atom. The lowest BCUT2D eigenvalue weighted by molar-refractivity contribution is -0.145. The number of amides is 4. The number of hydrogen-bond donors (Lipinski definition) is 7. The lowest BCUT2D eigenvalue weighted by atomic mass is 10.1. The van der Waals surface area contributed by atoms with E-state index in [0.29, 0.717) is 32.2 Å². The lowest BCUT2D eigenvalue weighted by Crippen LogP contribution is -2.56. The van der Waals surface area contributed by atoms with Crippen LogP contribution in [0.4, 0.5) is 0 Å². The maximum Gasteiger partial charge on any atom is 0.326 e. The first-order chi connectivity index (χ1) is 16.6. The van der Waals surface area contributed by atoms with E-state index < -0.39 is 47.9 Å². The highest BCUT2D eigenvalue weighted by Gasteiger charge is 2.39. The zero-order chi connectivity index (χ0) is 26.0. The SMILES string of the molecule is NC(=O)CCC(NC(=O)C1CCCN1)C(=O)N1CCCC1C(=O)NC(CCCN=C(N)N)C(=O)O. The van der Waals surface area contributed by atoms with Gasteiger partial charge in [-0.05, 0) is 51.5 Å². The summed E-state index contributed by atoms with van der Waals surface area (Å²) in [6.07, 6.45) is 2.67. The minimum Gasteiger partial charge on any atom is -0.480 e. The number of aliphatic imine (C=N–C) groups is 1. The van der Waals surface area contributed by atoms with Gasteiger partial charge >= 0.3 is 5.97 Å². The molecule has 4 atom stereocenters. The van der Waals surface area contributed by atoms with Gasteiger partial charge in [0.1, 0.15) is 18.1 Å². The highest BCUT2D eigenvalue weighted by atomic mass is 16.4. The van der Waals surface area contributed by atoms with Crippen molar-refractivity contribution in [1.82, 2.24) is 20.9 Å². The predicted octanol–water partition coefficient (Wildman–Crippen LogP) is -2.90. The minimum atomic E-state index is -1.21. The fourth-order valence-electron chi connectivity index (χ4n) is 4.26. The zero-order valence-corrected chi connectivity index (χ0v) is 19.7. The Morgan fingerprint density at radius 1 is 1.00 bits per heavy atom. The van der Waals surface area contributed by atoms with Gasteiger partial charge in [-0.25, -0.2) is 4.79 Å². The molecule has 0 bridgehead atoms. The molecule has 0 aromatic carbocycles. The molecule has 0 radical (unpaired) electrons. The van der Waals surface area contributed by atoms with Crippen LogP contribution >= 0.6 is 0 Å². The number of carboxylic acid groups (broad SMARTS) is 1. The highest BCUT2D eigenvalue weighted by molar-refractivity contribution is 5.94. The summed E-state index contributed by atoms with van der Waals surface area (Å²) in [6.45, 7) is 1.18. The average molecular weight is 497 g/mol.